The first-order chi connectivity index (χ1) is 12.7. The van der Waals surface area contributed by atoms with Crippen LogP contribution in [0.4, 0.5) is 5.69 Å². The predicted molar refractivity (Wildman–Crippen MR) is 108 cm³/mol. The molecule has 1 aliphatic rings. The first-order valence-corrected chi connectivity index (χ1v) is 10.8. The van der Waals surface area contributed by atoms with Gasteiger partial charge in [-0.3, -0.25) is 15.6 Å². The molecule has 1 amide bonds. The smallest absolute Gasteiger partial charge is 0.260 e. The minimum Gasteiger partial charge on any atom is -0.296 e. The summed E-state index contributed by atoms with van der Waals surface area (Å²) in [6, 6.07) is 9.40. The molecule has 1 aliphatic carbocycles. The molecular formula is C18H17Cl3N2O3S. The number of sulfone groups is 1. The van der Waals surface area contributed by atoms with E-state index in [1.54, 1.807) is 12.1 Å². The Kier molecular flexibility index (Phi) is 5.64. The van der Waals surface area contributed by atoms with Crippen molar-refractivity contribution >= 4 is 56.2 Å². The zero-order valence-corrected chi connectivity index (χ0v) is 17.4. The van der Waals surface area contributed by atoms with E-state index in [0.717, 1.165) is 5.56 Å². The number of halogens is 3. The average Bonchev–Trinajstić information content (AvgIpc) is 2.52. The Morgan fingerprint density at radius 1 is 1.04 bits per heavy atom. The molecule has 0 spiro atoms. The molecule has 0 heterocycles. The van der Waals surface area contributed by atoms with Crippen LogP contribution < -0.4 is 10.9 Å². The summed E-state index contributed by atoms with van der Waals surface area (Å²) in [7, 11) is -3.85. The van der Waals surface area contributed by atoms with Crippen molar-refractivity contribution < 1.29 is 13.2 Å². The van der Waals surface area contributed by atoms with Crippen LogP contribution in [0, 0.1) is 6.92 Å². The number of nitrogens with one attached hydrogen (secondary N) is 2. The summed E-state index contributed by atoms with van der Waals surface area (Å²) in [6.07, 6.45) is 1.15. The van der Waals surface area contributed by atoms with Gasteiger partial charge in [0.05, 0.1) is 20.6 Å². The molecule has 2 N–H and O–H groups in total. The number of rotatable bonds is 5. The van der Waals surface area contributed by atoms with Gasteiger partial charge in [0.25, 0.3) is 5.91 Å². The number of carbonyl (C=O) groups is 1. The summed E-state index contributed by atoms with van der Waals surface area (Å²) < 4.78 is 24.7. The van der Waals surface area contributed by atoms with Gasteiger partial charge in [-0.05, 0) is 50.5 Å². The van der Waals surface area contributed by atoms with Crippen molar-refractivity contribution in [1.29, 1.82) is 0 Å². The largest absolute Gasteiger partial charge is 0.296 e. The number of hydrogen-bond acceptors (Lipinski definition) is 4. The second-order valence-corrected chi connectivity index (χ2v) is 10.00. The molecule has 0 atom stereocenters. The van der Waals surface area contributed by atoms with Crippen LogP contribution in [-0.2, 0) is 14.6 Å². The number of amides is 1. The third-order valence-electron chi connectivity index (χ3n) is 4.73. The molecule has 2 aromatic carbocycles. The van der Waals surface area contributed by atoms with Gasteiger partial charge in [0.1, 0.15) is 0 Å². The van der Waals surface area contributed by atoms with Crippen molar-refractivity contribution in [2.45, 2.75) is 35.8 Å². The first-order valence-electron chi connectivity index (χ1n) is 8.20. The number of hydrazine groups is 1. The molecule has 0 saturated heterocycles. The van der Waals surface area contributed by atoms with Gasteiger partial charge in [0.15, 0.2) is 14.6 Å². The van der Waals surface area contributed by atoms with Gasteiger partial charge in [-0.2, -0.15) is 0 Å². The Bertz CT molecular complexity index is 964. The van der Waals surface area contributed by atoms with Crippen molar-refractivity contribution in [3.05, 3.63) is 57.0 Å². The molecule has 144 valence electrons. The topological polar surface area (TPSA) is 75.3 Å². The second kappa shape index (κ2) is 7.51. The molecular weight excluding hydrogens is 431 g/mol. The SMILES string of the molecule is Cc1ccc(S(=O)(=O)C2(C(=O)NNc3c(Cl)cc(Cl)cc3Cl)CCC2)cc1. The van der Waals surface area contributed by atoms with Crippen LogP contribution in [0.5, 0.6) is 0 Å². The van der Waals surface area contributed by atoms with Crippen LogP contribution >= 0.6 is 34.8 Å². The van der Waals surface area contributed by atoms with E-state index < -0.39 is 20.5 Å². The van der Waals surface area contributed by atoms with E-state index in [4.69, 9.17) is 34.8 Å². The molecule has 5 nitrogen and oxygen atoms in total. The maximum absolute atomic E-state index is 13.1. The minimum atomic E-state index is -3.85. The van der Waals surface area contributed by atoms with E-state index in [9.17, 15) is 13.2 Å². The van der Waals surface area contributed by atoms with Gasteiger partial charge < -0.3 is 0 Å². The fourth-order valence-electron chi connectivity index (χ4n) is 2.95. The minimum absolute atomic E-state index is 0.130. The maximum atomic E-state index is 13.1. The van der Waals surface area contributed by atoms with Crippen LogP contribution in [0.1, 0.15) is 24.8 Å². The second-order valence-electron chi connectivity index (χ2n) is 6.49. The van der Waals surface area contributed by atoms with Crippen LogP contribution in [-0.4, -0.2) is 19.1 Å². The molecule has 1 saturated carbocycles. The molecule has 1 fully saturated rings. The molecule has 0 unspecified atom stereocenters. The lowest BCUT2D eigenvalue weighted by molar-refractivity contribution is -0.125. The highest BCUT2D eigenvalue weighted by molar-refractivity contribution is 7.93. The number of benzene rings is 2. The van der Waals surface area contributed by atoms with E-state index in [1.807, 2.05) is 6.92 Å². The maximum Gasteiger partial charge on any atom is 0.260 e. The summed E-state index contributed by atoms with van der Waals surface area (Å²) in [5.74, 6) is -0.642. The van der Waals surface area contributed by atoms with Gasteiger partial charge in [0.2, 0.25) is 0 Å². The van der Waals surface area contributed by atoms with Crippen molar-refractivity contribution in [3.63, 3.8) is 0 Å². The van der Waals surface area contributed by atoms with Gasteiger partial charge in [0, 0.05) is 5.02 Å². The summed E-state index contributed by atoms with van der Waals surface area (Å²) >= 11 is 18.0. The van der Waals surface area contributed by atoms with Crippen molar-refractivity contribution in [2.24, 2.45) is 0 Å². The highest BCUT2D eigenvalue weighted by Gasteiger charge is 2.55. The van der Waals surface area contributed by atoms with Gasteiger partial charge >= 0.3 is 0 Å². The predicted octanol–water partition coefficient (Wildman–Crippen LogP) is 4.79. The van der Waals surface area contributed by atoms with E-state index in [-0.39, 0.29) is 33.5 Å². The lowest BCUT2D eigenvalue weighted by atomic mass is 9.83. The van der Waals surface area contributed by atoms with Gasteiger partial charge in [-0.15, -0.1) is 0 Å². The zero-order valence-electron chi connectivity index (χ0n) is 14.4. The number of aryl methyl sites for hydroxylation is 1. The molecule has 0 aromatic heterocycles. The Labute approximate surface area is 172 Å². The Morgan fingerprint density at radius 3 is 2.07 bits per heavy atom. The average molecular weight is 448 g/mol. The molecule has 2 aromatic rings. The lowest BCUT2D eigenvalue weighted by Gasteiger charge is -2.39. The Morgan fingerprint density at radius 2 is 1.59 bits per heavy atom. The fraction of sp³-hybridized carbons (Fsp3) is 0.278. The number of carbonyl (C=O) groups excluding carboxylic acids is 1. The van der Waals surface area contributed by atoms with Crippen LogP contribution in [0.2, 0.25) is 15.1 Å². The molecule has 9 heteroatoms. The third-order valence-corrected chi connectivity index (χ3v) is 8.06. The molecule has 27 heavy (non-hydrogen) atoms. The fourth-order valence-corrected chi connectivity index (χ4v) is 5.93. The molecule has 0 aliphatic heterocycles. The summed E-state index contributed by atoms with van der Waals surface area (Å²) in [4.78, 5) is 13.0. The highest BCUT2D eigenvalue weighted by Crippen LogP contribution is 2.43. The number of hydrogen-bond donors (Lipinski definition) is 2. The van der Waals surface area contributed by atoms with Crippen LogP contribution in [0.3, 0.4) is 0 Å². The van der Waals surface area contributed by atoms with Crippen molar-refractivity contribution in [2.75, 3.05) is 5.43 Å². The number of anilines is 1. The lowest BCUT2D eigenvalue weighted by Crippen LogP contribution is -2.58. The molecule has 3 rings (SSSR count). The standard InChI is InChI=1S/C18H17Cl3N2O3S/c1-11-3-5-13(6-4-11)27(25,26)18(7-2-8-18)17(24)23-22-16-14(20)9-12(19)10-15(16)21/h3-6,9-10,22H,2,7-8H2,1H3,(H,23,24). The van der Waals surface area contributed by atoms with Crippen LogP contribution in [0.25, 0.3) is 0 Å². The van der Waals surface area contributed by atoms with Gasteiger partial charge in [-0.25, -0.2) is 8.42 Å². The summed E-state index contributed by atoms with van der Waals surface area (Å²) in [5, 5.41) is 0.757. The first kappa shape index (κ1) is 20.3. The van der Waals surface area contributed by atoms with Gasteiger partial charge in [-0.1, -0.05) is 52.5 Å². The third kappa shape index (κ3) is 3.63. The summed E-state index contributed by atoms with van der Waals surface area (Å²) in [6.45, 7) is 1.87. The van der Waals surface area contributed by atoms with Crippen molar-refractivity contribution in [1.82, 2.24) is 5.43 Å². The monoisotopic (exact) mass is 446 g/mol. The highest BCUT2D eigenvalue weighted by atomic mass is 35.5. The van der Waals surface area contributed by atoms with Crippen molar-refractivity contribution in [3.8, 4) is 0 Å². The van der Waals surface area contributed by atoms with Crippen LogP contribution in [0.15, 0.2) is 41.3 Å². The van der Waals surface area contributed by atoms with E-state index in [2.05, 4.69) is 10.9 Å². The van der Waals surface area contributed by atoms with E-state index in [1.165, 1.54) is 24.3 Å². The van der Waals surface area contributed by atoms with E-state index in [0.29, 0.717) is 11.4 Å². The normalized spacial score (nSPS) is 15.7. The quantitative estimate of drug-likeness (QED) is 0.646. The Hall–Kier alpha value is -1.47. The molecule has 0 radical (unpaired) electrons. The summed E-state index contributed by atoms with van der Waals surface area (Å²) in [5.41, 5.74) is 6.27. The zero-order chi connectivity index (χ0) is 19.8. The van der Waals surface area contributed by atoms with E-state index >= 15 is 0 Å². The Balaban J connectivity index is 1.85. The molecule has 0 bridgehead atoms.